The van der Waals surface area contributed by atoms with E-state index < -0.39 is 15.9 Å². The van der Waals surface area contributed by atoms with E-state index in [2.05, 4.69) is 20.0 Å². The normalized spacial score (nSPS) is 10.7. The Morgan fingerprint density at radius 1 is 1.17 bits per heavy atom. The number of aromatic nitrogens is 2. The SMILES string of the molecule is Cc1cc(C)nc(NS(=O)(=O)c2ccc(NC(=O)CC#N)cc2)n1. The van der Waals surface area contributed by atoms with Crippen LogP contribution in [-0.4, -0.2) is 24.3 Å². The Labute approximate surface area is 139 Å². The minimum atomic E-state index is -3.84. The summed E-state index contributed by atoms with van der Waals surface area (Å²) in [6.07, 6.45) is -0.272. The van der Waals surface area contributed by atoms with Gasteiger partial charge in [-0.3, -0.25) is 4.79 Å². The Kier molecular flexibility index (Phi) is 5.11. The van der Waals surface area contributed by atoms with E-state index >= 15 is 0 Å². The predicted molar refractivity (Wildman–Crippen MR) is 87.6 cm³/mol. The number of amides is 1. The van der Waals surface area contributed by atoms with Crippen LogP contribution in [0.5, 0.6) is 0 Å². The second-order valence-corrected chi connectivity index (χ2v) is 6.67. The van der Waals surface area contributed by atoms with Crippen LogP contribution in [0.1, 0.15) is 17.8 Å². The summed E-state index contributed by atoms with van der Waals surface area (Å²) in [5.74, 6) is -0.464. The molecule has 1 heterocycles. The van der Waals surface area contributed by atoms with Gasteiger partial charge >= 0.3 is 0 Å². The maximum atomic E-state index is 12.3. The molecule has 1 aromatic heterocycles. The van der Waals surface area contributed by atoms with Gasteiger partial charge in [-0.2, -0.15) is 5.26 Å². The Balaban J connectivity index is 2.17. The highest BCUT2D eigenvalue weighted by molar-refractivity contribution is 7.92. The molecule has 1 amide bonds. The zero-order valence-electron chi connectivity index (χ0n) is 13.1. The van der Waals surface area contributed by atoms with Crippen LogP contribution in [0.2, 0.25) is 0 Å². The van der Waals surface area contributed by atoms with Crippen molar-refractivity contribution in [1.82, 2.24) is 9.97 Å². The van der Waals surface area contributed by atoms with Crippen LogP contribution in [0.25, 0.3) is 0 Å². The van der Waals surface area contributed by atoms with E-state index in [1.165, 1.54) is 24.3 Å². The van der Waals surface area contributed by atoms with Crippen molar-refractivity contribution >= 4 is 27.6 Å². The maximum Gasteiger partial charge on any atom is 0.264 e. The van der Waals surface area contributed by atoms with Crippen molar-refractivity contribution in [3.05, 3.63) is 41.7 Å². The Bertz CT molecular complexity index is 881. The average molecular weight is 345 g/mol. The number of benzene rings is 1. The van der Waals surface area contributed by atoms with Crippen LogP contribution in [0, 0.1) is 25.2 Å². The van der Waals surface area contributed by atoms with Gasteiger partial charge < -0.3 is 5.32 Å². The van der Waals surface area contributed by atoms with Crippen molar-refractivity contribution in [2.45, 2.75) is 25.2 Å². The number of hydrogen-bond acceptors (Lipinski definition) is 6. The highest BCUT2D eigenvalue weighted by atomic mass is 32.2. The fourth-order valence-electron chi connectivity index (χ4n) is 1.95. The molecule has 124 valence electrons. The minimum absolute atomic E-state index is 0.00102. The van der Waals surface area contributed by atoms with E-state index in [0.717, 1.165) is 0 Å². The van der Waals surface area contributed by atoms with Crippen molar-refractivity contribution in [2.75, 3.05) is 10.0 Å². The first-order chi connectivity index (χ1) is 11.3. The quantitative estimate of drug-likeness (QED) is 0.850. The molecule has 0 fully saturated rings. The molecule has 0 unspecified atom stereocenters. The molecule has 0 spiro atoms. The number of sulfonamides is 1. The van der Waals surface area contributed by atoms with Gasteiger partial charge in [0.1, 0.15) is 6.42 Å². The van der Waals surface area contributed by atoms with Gasteiger partial charge in [0.25, 0.3) is 10.0 Å². The van der Waals surface area contributed by atoms with Gasteiger partial charge in [0, 0.05) is 17.1 Å². The standard InChI is InChI=1S/C15H15N5O3S/c1-10-9-11(2)18-15(17-10)20-24(22,23)13-5-3-12(4-6-13)19-14(21)7-8-16/h3-6,9H,7H2,1-2H3,(H,19,21)(H,17,18,20). The van der Waals surface area contributed by atoms with Gasteiger partial charge in [-0.1, -0.05) is 0 Å². The van der Waals surface area contributed by atoms with Crippen LogP contribution in [0.3, 0.4) is 0 Å². The van der Waals surface area contributed by atoms with Crippen LogP contribution in [-0.2, 0) is 14.8 Å². The first-order valence-electron chi connectivity index (χ1n) is 6.92. The highest BCUT2D eigenvalue weighted by Crippen LogP contribution is 2.17. The van der Waals surface area contributed by atoms with E-state index in [9.17, 15) is 13.2 Å². The van der Waals surface area contributed by atoms with Crippen molar-refractivity contribution < 1.29 is 13.2 Å². The van der Waals surface area contributed by atoms with Gasteiger partial charge in [0.2, 0.25) is 11.9 Å². The molecule has 2 aromatic rings. The third kappa shape index (κ3) is 4.50. The third-order valence-corrected chi connectivity index (χ3v) is 4.24. The molecule has 1 aromatic carbocycles. The lowest BCUT2D eigenvalue weighted by molar-refractivity contribution is -0.115. The number of carbonyl (C=O) groups excluding carboxylic acids is 1. The zero-order chi connectivity index (χ0) is 17.7. The van der Waals surface area contributed by atoms with Crippen molar-refractivity contribution in [1.29, 1.82) is 5.26 Å². The van der Waals surface area contributed by atoms with Crippen molar-refractivity contribution in [3.63, 3.8) is 0 Å². The second-order valence-electron chi connectivity index (χ2n) is 4.99. The number of nitriles is 1. The first kappa shape index (κ1) is 17.4. The van der Waals surface area contributed by atoms with Crippen LogP contribution in [0.4, 0.5) is 11.6 Å². The number of aryl methyl sites for hydroxylation is 2. The Hall–Kier alpha value is -2.99. The molecule has 2 rings (SSSR count). The van der Waals surface area contributed by atoms with E-state index in [1.807, 2.05) is 0 Å². The Morgan fingerprint density at radius 3 is 2.29 bits per heavy atom. The monoisotopic (exact) mass is 345 g/mol. The third-order valence-electron chi connectivity index (χ3n) is 2.90. The molecular weight excluding hydrogens is 330 g/mol. The lowest BCUT2D eigenvalue weighted by Crippen LogP contribution is -2.16. The van der Waals surface area contributed by atoms with Gasteiger partial charge in [-0.25, -0.2) is 23.1 Å². The van der Waals surface area contributed by atoms with Crippen molar-refractivity contribution in [2.24, 2.45) is 0 Å². The summed E-state index contributed by atoms with van der Waals surface area (Å²) in [7, 11) is -3.84. The molecule has 0 aliphatic carbocycles. The summed E-state index contributed by atoms with van der Waals surface area (Å²) < 4.78 is 27.0. The first-order valence-corrected chi connectivity index (χ1v) is 8.40. The summed E-state index contributed by atoms with van der Waals surface area (Å²) in [6.45, 7) is 3.48. The minimum Gasteiger partial charge on any atom is -0.325 e. The highest BCUT2D eigenvalue weighted by Gasteiger charge is 2.16. The molecule has 9 heteroatoms. The molecule has 0 aliphatic rings. The molecule has 0 aliphatic heterocycles. The lowest BCUT2D eigenvalue weighted by atomic mass is 10.3. The number of anilines is 2. The van der Waals surface area contributed by atoms with Crippen LogP contribution in [0.15, 0.2) is 35.2 Å². The number of nitrogens with zero attached hydrogens (tertiary/aromatic N) is 3. The van der Waals surface area contributed by atoms with E-state index in [0.29, 0.717) is 17.1 Å². The number of rotatable bonds is 5. The fraction of sp³-hybridized carbons (Fsp3) is 0.200. The zero-order valence-corrected chi connectivity index (χ0v) is 13.9. The summed E-state index contributed by atoms with van der Waals surface area (Å²) in [4.78, 5) is 19.4. The van der Waals surface area contributed by atoms with Gasteiger partial charge in [0.05, 0.1) is 11.0 Å². The van der Waals surface area contributed by atoms with E-state index in [1.54, 1.807) is 26.0 Å². The predicted octanol–water partition coefficient (Wildman–Crippen LogP) is 1.75. The van der Waals surface area contributed by atoms with E-state index in [-0.39, 0.29) is 17.3 Å². The van der Waals surface area contributed by atoms with Gasteiger partial charge in [-0.15, -0.1) is 0 Å². The van der Waals surface area contributed by atoms with Crippen LogP contribution < -0.4 is 10.0 Å². The molecule has 2 N–H and O–H groups in total. The summed E-state index contributed by atoms with van der Waals surface area (Å²) in [5.41, 5.74) is 1.70. The molecule has 0 radical (unpaired) electrons. The summed E-state index contributed by atoms with van der Waals surface area (Å²) in [6, 6.07) is 9.01. The molecule has 0 bridgehead atoms. The molecule has 0 atom stereocenters. The number of carbonyl (C=O) groups is 1. The Morgan fingerprint density at radius 2 is 1.75 bits per heavy atom. The van der Waals surface area contributed by atoms with Gasteiger partial charge in [0.15, 0.2) is 0 Å². The lowest BCUT2D eigenvalue weighted by Gasteiger charge is -2.09. The fourth-order valence-corrected chi connectivity index (χ4v) is 2.89. The largest absolute Gasteiger partial charge is 0.325 e. The van der Waals surface area contributed by atoms with Crippen LogP contribution >= 0.6 is 0 Å². The second kappa shape index (κ2) is 7.06. The van der Waals surface area contributed by atoms with E-state index in [4.69, 9.17) is 5.26 Å². The van der Waals surface area contributed by atoms with Crippen molar-refractivity contribution in [3.8, 4) is 6.07 Å². The topological polar surface area (TPSA) is 125 Å². The number of nitrogens with one attached hydrogen (secondary N) is 2. The molecular formula is C15H15N5O3S. The number of hydrogen-bond donors (Lipinski definition) is 2. The molecule has 0 saturated heterocycles. The summed E-state index contributed by atoms with van der Waals surface area (Å²) >= 11 is 0. The molecule has 0 saturated carbocycles. The molecule has 24 heavy (non-hydrogen) atoms. The van der Waals surface area contributed by atoms with Gasteiger partial charge in [-0.05, 0) is 44.2 Å². The smallest absolute Gasteiger partial charge is 0.264 e. The average Bonchev–Trinajstić information content (AvgIpc) is 2.46. The maximum absolute atomic E-state index is 12.3. The molecule has 8 nitrogen and oxygen atoms in total. The summed E-state index contributed by atoms with van der Waals surface area (Å²) in [5, 5.41) is 10.9.